The number of rotatable bonds is 9. The smallest absolute Gasteiger partial charge is 0.261 e. The molecule has 0 aliphatic heterocycles. The zero-order chi connectivity index (χ0) is 21.4. The molecule has 1 atom stereocenters. The van der Waals surface area contributed by atoms with Crippen molar-refractivity contribution in [3.63, 3.8) is 0 Å². The van der Waals surface area contributed by atoms with Crippen LogP contribution in [0.2, 0.25) is 10.0 Å². The van der Waals surface area contributed by atoms with E-state index in [1.165, 1.54) is 4.90 Å². The molecular weight excluding hydrogens is 411 g/mol. The minimum Gasteiger partial charge on any atom is -0.482 e. The third-order valence-electron chi connectivity index (χ3n) is 4.56. The summed E-state index contributed by atoms with van der Waals surface area (Å²) >= 11 is 12.0. The Labute approximate surface area is 181 Å². The normalized spacial score (nSPS) is 11.6. The van der Waals surface area contributed by atoms with Gasteiger partial charge >= 0.3 is 0 Å². The van der Waals surface area contributed by atoms with Crippen molar-refractivity contribution in [2.75, 3.05) is 13.2 Å². The van der Waals surface area contributed by atoms with Crippen LogP contribution in [-0.4, -0.2) is 35.9 Å². The third-order valence-corrected chi connectivity index (χ3v) is 5.09. The molecule has 0 bridgehead atoms. The maximum absolute atomic E-state index is 13.0. The number of carbonyl (C=O) groups excluding carboxylic acids is 2. The van der Waals surface area contributed by atoms with E-state index in [0.29, 0.717) is 28.9 Å². The minimum atomic E-state index is -0.641. The Kier molecular flexibility index (Phi) is 8.80. The summed E-state index contributed by atoms with van der Waals surface area (Å²) in [5.74, 6) is -0.139. The molecule has 0 aliphatic carbocycles. The highest BCUT2D eigenvalue weighted by molar-refractivity contribution is 6.35. The molecule has 5 nitrogen and oxygen atoms in total. The Balaban J connectivity index is 2.17. The number of benzene rings is 2. The van der Waals surface area contributed by atoms with E-state index in [1.807, 2.05) is 38.1 Å². The van der Waals surface area contributed by atoms with Crippen LogP contribution in [0.15, 0.2) is 42.5 Å². The van der Waals surface area contributed by atoms with Gasteiger partial charge in [-0.05, 0) is 49.6 Å². The van der Waals surface area contributed by atoms with Gasteiger partial charge in [-0.3, -0.25) is 9.59 Å². The van der Waals surface area contributed by atoms with E-state index in [2.05, 4.69) is 5.32 Å². The Bertz CT molecular complexity index is 858. The van der Waals surface area contributed by atoms with Crippen LogP contribution in [0.1, 0.15) is 31.4 Å². The lowest BCUT2D eigenvalue weighted by Crippen LogP contribution is -2.49. The van der Waals surface area contributed by atoms with Crippen molar-refractivity contribution in [1.29, 1.82) is 0 Å². The van der Waals surface area contributed by atoms with Crippen LogP contribution in [0.3, 0.4) is 0 Å². The molecule has 0 fully saturated rings. The van der Waals surface area contributed by atoms with E-state index in [1.54, 1.807) is 25.1 Å². The monoisotopic (exact) mass is 436 g/mol. The predicted octanol–water partition coefficient (Wildman–Crippen LogP) is 4.62. The second-order valence-electron chi connectivity index (χ2n) is 6.78. The molecule has 2 rings (SSSR count). The van der Waals surface area contributed by atoms with Gasteiger partial charge < -0.3 is 15.0 Å². The second-order valence-corrected chi connectivity index (χ2v) is 7.62. The van der Waals surface area contributed by atoms with Crippen molar-refractivity contribution >= 4 is 35.0 Å². The number of halogens is 2. The van der Waals surface area contributed by atoms with E-state index in [9.17, 15) is 9.59 Å². The lowest BCUT2D eigenvalue weighted by atomic mass is 10.1. The lowest BCUT2D eigenvalue weighted by molar-refractivity contribution is -0.142. The van der Waals surface area contributed by atoms with E-state index < -0.39 is 6.04 Å². The molecule has 29 heavy (non-hydrogen) atoms. The minimum absolute atomic E-state index is 0.196. The molecule has 0 saturated carbocycles. The number of nitrogens with one attached hydrogen (secondary N) is 1. The van der Waals surface area contributed by atoms with Crippen LogP contribution >= 0.6 is 23.2 Å². The van der Waals surface area contributed by atoms with Gasteiger partial charge in [0.25, 0.3) is 5.91 Å². The van der Waals surface area contributed by atoms with Crippen molar-refractivity contribution in [2.45, 2.75) is 39.8 Å². The first kappa shape index (κ1) is 23.0. The Hall–Kier alpha value is -2.24. The molecule has 0 aliphatic rings. The highest BCUT2D eigenvalue weighted by atomic mass is 35.5. The molecule has 2 aromatic rings. The van der Waals surface area contributed by atoms with Gasteiger partial charge in [-0.1, -0.05) is 54.4 Å². The van der Waals surface area contributed by atoms with Crippen LogP contribution in [0.25, 0.3) is 0 Å². The van der Waals surface area contributed by atoms with Crippen LogP contribution in [0, 0.1) is 6.92 Å². The highest BCUT2D eigenvalue weighted by Gasteiger charge is 2.26. The topological polar surface area (TPSA) is 58.6 Å². The van der Waals surface area contributed by atoms with E-state index in [0.717, 1.165) is 17.5 Å². The third kappa shape index (κ3) is 6.65. The summed E-state index contributed by atoms with van der Waals surface area (Å²) in [5, 5.41) is 3.65. The maximum Gasteiger partial charge on any atom is 0.261 e. The van der Waals surface area contributed by atoms with Crippen molar-refractivity contribution < 1.29 is 14.3 Å². The molecule has 2 aromatic carbocycles. The number of hydrogen-bond donors (Lipinski definition) is 1. The predicted molar refractivity (Wildman–Crippen MR) is 116 cm³/mol. The average molecular weight is 437 g/mol. The van der Waals surface area contributed by atoms with Crippen molar-refractivity contribution in [3.8, 4) is 5.75 Å². The molecule has 0 aromatic heterocycles. The molecule has 156 valence electrons. The van der Waals surface area contributed by atoms with Gasteiger partial charge in [0.05, 0.1) is 5.02 Å². The second kappa shape index (κ2) is 11.1. The SMILES string of the molecule is CCCNC(=O)[C@@H](C)N(Cc1ccccc1C)C(=O)COc1ccc(Cl)cc1Cl. The van der Waals surface area contributed by atoms with Crippen LogP contribution < -0.4 is 10.1 Å². The summed E-state index contributed by atoms with van der Waals surface area (Å²) in [5.41, 5.74) is 2.02. The van der Waals surface area contributed by atoms with E-state index in [-0.39, 0.29) is 18.4 Å². The van der Waals surface area contributed by atoms with Gasteiger partial charge in [0.2, 0.25) is 5.91 Å². The van der Waals surface area contributed by atoms with Crippen LogP contribution in [0.4, 0.5) is 0 Å². The van der Waals surface area contributed by atoms with E-state index >= 15 is 0 Å². The van der Waals surface area contributed by atoms with Crippen LogP contribution in [0.5, 0.6) is 5.75 Å². The summed E-state index contributed by atoms with van der Waals surface area (Å²) in [7, 11) is 0. The zero-order valence-corrected chi connectivity index (χ0v) is 18.4. The van der Waals surface area contributed by atoms with E-state index in [4.69, 9.17) is 27.9 Å². The molecule has 7 heteroatoms. The zero-order valence-electron chi connectivity index (χ0n) is 16.9. The molecular formula is C22H26Cl2N2O3. The highest BCUT2D eigenvalue weighted by Crippen LogP contribution is 2.27. The van der Waals surface area contributed by atoms with Gasteiger partial charge in [-0.2, -0.15) is 0 Å². The van der Waals surface area contributed by atoms with Crippen molar-refractivity contribution in [1.82, 2.24) is 10.2 Å². The van der Waals surface area contributed by atoms with Gasteiger partial charge in [-0.15, -0.1) is 0 Å². The summed E-state index contributed by atoms with van der Waals surface area (Å²) in [6.45, 7) is 6.31. The summed E-state index contributed by atoms with van der Waals surface area (Å²) in [6, 6.07) is 11.9. The van der Waals surface area contributed by atoms with Gasteiger partial charge in [0.15, 0.2) is 6.61 Å². The lowest BCUT2D eigenvalue weighted by Gasteiger charge is -2.29. The first-order valence-electron chi connectivity index (χ1n) is 9.53. The van der Waals surface area contributed by atoms with Crippen molar-refractivity contribution in [3.05, 3.63) is 63.6 Å². The fraction of sp³-hybridized carbons (Fsp3) is 0.364. The number of aryl methyl sites for hydroxylation is 1. The van der Waals surface area contributed by atoms with Crippen molar-refractivity contribution in [2.24, 2.45) is 0 Å². The molecule has 0 radical (unpaired) electrons. The molecule has 1 N–H and O–H groups in total. The number of nitrogens with zero attached hydrogens (tertiary/aromatic N) is 1. The number of amides is 2. The first-order chi connectivity index (χ1) is 13.8. The number of hydrogen-bond acceptors (Lipinski definition) is 3. The number of ether oxygens (including phenoxy) is 1. The quantitative estimate of drug-likeness (QED) is 0.623. The fourth-order valence-electron chi connectivity index (χ4n) is 2.76. The van der Waals surface area contributed by atoms with Gasteiger partial charge in [-0.25, -0.2) is 0 Å². The molecule has 2 amide bonds. The Morgan fingerprint density at radius 1 is 1.17 bits per heavy atom. The largest absolute Gasteiger partial charge is 0.482 e. The van der Waals surface area contributed by atoms with Gasteiger partial charge in [0, 0.05) is 18.1 Å². The fourth-order valence-corrected chi connectivity index (χ4v) is 3.23. The van der Waals surface area contributed by atoms with Crippen LogP contribution in [-0.2, 0) is 16.1 Å². The summed E-state index contributed by atoms with van der Waals surface area (Å²) < 4.78 is 5.60. The standard InChI is InChI=1S/C22H26Cl2N2O3/c1-4-11-25-22(28)16(3)26(13-17-8-6-5-7-15(17)2)21(27)14-29-20-10-9-18(23)12-19(20)24/h5-10,12,16H,4,11,13-14H2,1-3H3,(H,25,28)/t16-/m1/s1. The molecule has 0 heterocycles. The number of carbonyl (C=O) groups is 2. The summed E-state index contributed by atoms with van der Waals surface area (Å²) in [4.78, 5) is 27.0. The molecule has 0 spiro atoms. The first-order valence-corrected chi connectivity index (χ1v) is 10.3. The molecule has 0 saturated heterocycles. The average Bonchev–Trinajstić information content (AvgIpc) is 2.70. The Morgan fingerprint density at radius 2 is 1.90 bits per heavy atom. The van der Waals surface area contributed by atoms with Gasteiger partial charge in [0.1, 0.15) is 11.8 Å². The maximum atomic E-state index is 13.0. The Morgan fingerprint density at radius 3 is 2.55 bits per heavy atom. The molecule has 0 unspecified atom stereocenters. The summed E-state index contributed by atoms with van der Waals surface area (Å²) in [6.07, 6.45) is 0.822.